The molecule has 0 saturated carbocycles. The van der Waals surface area contributed by atoms with Crippen LogP contribution in [0.2, 0.25) is 0 Å². The molecule has 2 rings (SSSR count). The Morgan fingerprint density at radius 2 is 1.80 bits per heavy atom. The lowest BCUT2D eigenvalue weighted by Crippen LogP contribution is -2.46. The van der Waals surface area contributed by atoms with Gasteiger partial charge >= 0.3 is 0 Å². The second-order valence-corrected chi connectivity index (χ2v) is 5.37. The van der Waals surface area contributed by atoms with Gasteiger partial charge in [0.15, 0.2) is 0 Å². The first kappa shape index (κ1) is 11.0. The Labute approximate surface area is 101 Å². The van der Waals surface area contributed by atoms with E-state index in [1.807, 2.05) is 0 Å². The Morgan fingerprint density at radius 3 is 2.27 bits per heavy atom. The van der Waals surface area contributed by atoms with Crippen molar-refractivity contribution in [2.75, 3.05) is 18.0 Å². The molecule has 0 amide bonds. The summed E-state index contributed by atoms with van der Waals surface area (Å²) in [6.07, 6.45) is 1.31. The van der Waals surface area contributed by atoms with Crippen LogP contribution in [-0.2, 0) is 0 Å². The maximum atomic E-state index is 3.61. The average molecular weight is 268 g/mol. The molecular weight excluding hydrogens is 250 g/mol. The maximum absolute atomic E-state index is 3.61. The predicted octanol–water partition coefficient (Wildman–Crippen LogP) is 3.91. The molecule has 1 aromatic carbocycles. The van der Waals surface area contributed by atoms with Crippen LogP contribution < -0.4 is 4.90 Å². The lowest BCUT2D eigenvalue weighted by Gasteiger charge is -2.41. The summed E-state index contributed by atoms with van der Waals surface area (Å²) in [5.41, 5.74) is 4.06. The third-order valence-corrected chi connectivity index (χ3v) is 4.57. The van der Waals surface area contributed by atoms with E-state index in [4.69, 9.17) is 0 Å². The molecule has 82 valence electrons. The summed E-state index contributed by atoms with van der Waals surface area (Å²) in [6.45, 7) is 9.07. The highest BCUT2D eigenvalue weighted by Crippen LogP contribution is 2.31. The zero-order valence-corrected chi connectivity index (χ0v) is 11.3. The average Bonchev–Trinajstić information content (AvgIpc) is 2.12. The molecule has 0 unspecified atom stereocenters. The van der Waals surface area contributed by atoms with Gasteiger partial charge < -0.3 is 4.90 Å². The van der Waals surface area contributed by atoms with Crippen molar-refractivity contribution < 1.29 is 0 Å². The minimum atomic E-state index is 0.911. The predicted molar refractivity (Wildman–Crippen MR) is 69.6 cm³/mol. The molecule has 2 heteroatoms. The summed E-state index contributed by atoms with van der Waals surface area (Å²) >= 11 is 3.61. The fourth-order valence-electron chi connectivity index (χ4n) is 2.14. The number of nitrogens with zero attached hydrogens (tertiary/aromatic N) is 1. The van der Waals surface area contributed by atoms with Crippen LogP contribution in [0.5, 0.6) is 0 Å². The number of halogens is 1. The molecule has 15 heavy (non-hydrogen) atoms. The minimum absolute atomic E-state index is 0.911. The van der Waals surface area contributed by atoms with Gasteiger partial charge in [0, 0.05) is 23.2 Å². The fourth-order valence-corrected chi connectivity index (χ4v) is 2.37. The second-order valence-electron chi connectivity index (χ2n) is 4.57. The molecule has 1 nitrogen and oxygen atoms in total. The van der Waals surface area contributed by atoms with E-state index in [1.165, 1.54) is 40.8 Å². The molecule has 0 N–H and O–H groups in total. The van der Waals surface area contributed by atoms with E-state index < -0.39 is 0 Å². The largest absolute Gasteiger partial charge is 0.371 e. The summed E-state index contributed by atoms with van der Waals surface area (Å²) in [7, 11) is 0. The van der Waals surface area contributed by atoms with Gasteiger partial charge in [-0.05, 0) is 49.4 Å². The van der Waals surface area contributed by atoms with Gasteiger partial charge in [0.05, 0.1) is 0 Å². The number of hydrogen-bond acceptors (Lipinski definition) is 1. The monoisotopic (exact) mass is 267 g/mol. The number of hydrogen-bond donors (Lipinski definition) is 0. The van der Waals surface area contributed by atoms with Crippen LogP contribution in [-0.4, -0.2) is 13.1 Å². The molecule has 0 atom stereocenters. The Balaban J connectivity index is 2.17. The van der Waals surface area contributed by atoms with Gasteiger partial charge in [-0.3, -0.25) is 0 Å². The lowest BCUT2D eigenvalue weighted by atomic mass is 9.96. The number of aryl methyl sites for hydroxylation is 2. The molecule has 0 spiro atoms. The van der Waals surface area contributed by atoms with Crippen LogP contribution in [0, 0.1) is 19.8 Å². The van der Waals surface area contributed by atoms with Crippen LogP contribution in [0.4, 0.5) is 5.69 Å². The topological polar surface area (TPSA) is 3.24 Å². The molecule has 0 radical (unpaired) electrons. The van der Waals surface area contributed by atoms with Gasteiger partial charge in [-0.1, -0.05) is 22.9 Å². The second kappa shape index (κ2) is 4.17. The van der Waals surface area contributed by atoms with Crippen molar-refractivity contribution in [3.63, 3.8) is 0 Å². The summed E-state index contributed by atoms with van der Waals surface area (Å²) < 4.78 is 1.25. The van der Waals surface area contributed by atoms with Gasteiger partial charge in [-0.15, -0.1) is 0 Å². The third-order valence-electron chi connectivity index (χ3n) is 3.32. The van der Waals surface area contributed by atoms with E-state index in [0.29, 0.717) is 0 Å². The summed E-state index contributed by atoms with van der Waals surface area (Å²) in [5.74, 6) is 0.911. The molecule has 0 aliphatic carbocycles. The lowest BCUT2D eigenvalue weighted by molar-refractivity contribution is 0.399. The fraction of sp³-hybridized carbons (Fsp3) is 0.538. The van der Waals surface area contributed by atoms with Crippen LogP contribution >= 0.6 is 15.9 Å². The Bertz CT molecular complexity index is 344. The smallest absolute Gasteiger partial charge is 0.0372 e. The highest BCUT2D eigenvalue weighted by atomic mass is 79.9. The molecule has 0 bridgehead atoms. The van der Waals surface area contributed by atoms with Crippen LogP contribution in [0.3, 0.4) is 0 Å². The highest BCUT2D eigenvalue weighted by Gasteiger charge is 2.25. The quantitative estimate of drug-likeness (QED) is 0.786. The van der Waals surface area contributed by atoms with E-state index in [-0.39, 0.29) is 0 Å². The van der Waals surface area contributed by atoms with Crippen molar-refractivity contribution >= 4 is 21.6 Å². The van der Waals surface area contributed by atoms with Crippen molar-refractivity contribution in [1.82, 2.24) is 0 Å². The molecule has 1 aliphatic rings. The van der Waals surface area contributed by atoms with Crippen molar-refractivity contribution in [2.45, 2.75) is 27.2 Å². The van der Waals surface area contributed by atoms with E-state index in [1.54, 1.807) is 0 Å². The van der Waals surface area contributed by atoms with Gasteiger partial charge in [-0.2, -0.15) is 0 Å². The van der Waals surface area contributed by atoms with Crippen molar-refractivity contribution in [3.05, 3.63) is 27.7 Å². The molecule has 0 aromatic heterocycles. The van der Waals surface area contributed by atoms with Gasteiger partial charge in [-0.25, -0.2) is 0 Å². The molecule has 1 heterocycles. The maximum Gasteiger partial charge on any atom is 0.0372 e. The zero-order valence-electron chi connectivity index (χ0n) is 9.68. The molecular formula is C13H18BrN. The molecule has 1 aromatic rings. The first-order valence-corrected chi connectivity index (χ1v) is 6.42. The molecule has 1 saturated heterocycles. The van der Waals surface area contributed by atoms with Gasteiger partial charge in [0.1, 0.15) is 0 Å². The molecule has 1 aliphatic heterocycles. The van der Waals surface area contributed by atoms with Crippen molar-refractivity contribution in [1.29, 1.82) is 0 Å². The van der Waals surface area contributed by atoms with Crippen LogP contribution in [0.1, 0.15) is 24.5 Å². The summed E-state index contributed by atoms with van der Waals surface area (Å²) in [6, 6.07) is 4.56. The van der Waals surface area contributed by atoms with Gasteiger partial charge in [0.2, 0.25) is 0 Å². The number of rotatable bonds is 2. The molecule has 1 fully saturated rings. The van der Waals surface area contributed by atoms with E-state index >= 15 is 0 Å². The van der Waals surface area contributed by atoms with Crippen molar-refractivity contribution in [2.24, 2.45) is 5.92 Å². The van der Waals surface area contributed by atoms with Crippen molar-refractivity contribution in [3.8, 4) is 0 Å². The first-order chi connectivity index (χ1) is 7.11. The number of benzene rings is 1. The van der Waals surface area contributed by atoms with Crippen LogP contribution in [0.15, 0.2) is 16.6 Å². The normalized spacial score (nSPS) is 16.7. The SMILES string of the molecule is CCC1CN(c2cc(C)c(Br)c(C)c2)C1. The minimum Gasteiger partial charge on any atom is -0.371 e. The Morgan fingerprint density at radius 1 is 1.27 bits per heavy atom. The van der Waals surface area contributed by atoms with E-state index in [2.05, 4.69) is 53.7 Å². The highest BCUT2D eigenvalue weighted by molar-refractivity contribution is 9.10. The Hall–Kier alpha value is -0.500. The summed E-state index contributed by atoms with van der Waals surface area (Å²) in [4.78, 5) is 2.47. The first-order valence-electron chi connectivity index (χ1n) is 5.63. The summed E-state index contributed by atoms with van der Waals surface area (Å²) in [5, 5.41) is 0. The van der Waals surface area contributed by atoms with E-state index in [0.717, 1.165) is 5.92 Å². The Kier molecular flexibility index (Phi) is 3.06. The van der Waals surface area contributed by atoms with E-state index in [9.17, 15) is 0 Å². The van der Waals surface area contributed by atoms with Crippen LogP contribution in [0.25, 0.3) is 0 Å². The van der Waals surface area contributed by atoms with Gasteiger partial charge in [0.25, 0.3) is 0 Å². The standard InChI is InChI=1S/C13H18BrN/c1-4-11-7-15(8-11)12-5-9(2)13(14)10(3)6-12/h5-6,11H,4,7-8H2,1-3H3. The third kappa shape index (κ3) is 2.05. The number of anilines is 1. The zero-order chi connectivity index (χ0) is 11.0.